The third kappa shape index (κ3) is 3.63. The van der Waals surface area contributed by atoms with Crippen LogP contribution in [-0.2, 0) is 0 Å². The summed E-state index contributed by atoms with van der Waals surface area (Å²) in [5, 5.41) is 7.16. The molecule has 9 heteroatoms. The Hall–Kier alpha value is -4.01. The number of benzene rings is 2. The van der Waals surface area contributed by atoms with Crippen LogP contribution in [0.3, 0.4) is 0 Å². The van der Waals surface area contributed by atoms with Crippen LogP contribution in [0.4, 0.5) is 0 Å². The summed E-state index contributed by atoms with van der Waals surface area (Å²) in [5.41, 5.74) is 1.53. The smallest absolute Gasteiger partial charge is 0.272 e. The number of ketones is 1. The number of aromatic nitrogens is 2. The van der Waals surface area contributed by atoms with Crippen LogP contribution in [0.25, 0.3) is 11.3 Å². The van der Waals surface area contributed by atoms with Gasteiger partial charge in [-0.2, -0.15) is 5.10 Å². The van der Waals surface area contributed by atoms with Gasteiger partial charge in [-0.1, -0.05) is 12.1 Å². The van der Waals surface area contributed by atoms with Crippen molar-refractivity contribution >= 4 is 11.7 Å². The van der Waals surface area contributed by atoms with E-state index < -0.39 is 5.60 Å². The molecule has 1 aromatic heterocycles. The highest BCUT2D eigenvalue weighted by Crippen LogP contribution is 2.41. The van der Waals surface area contributed by atoms with Gasteiger partial charge in [0.1, 0.15) is 17.0 Å². The van der Waals surface area contributed by atoms with Crippen molar-refractivity contribution in [2.45, 2.75) is 18.4 Å². The van der Waals surface area contributed by atoms with E-state index in [2.05, 4.69) is 10.2 Å². The summed E-state index contributed by atoms with van der Waals surface area (Å²) in [6.07, 6.45) is 0.847. The van der Waals surface area contributed by atoms with E-state index in [-0.39, 0.29) is 18.1 Å². The minimum atomic E-state index is -0.694. The zero-order valence-corrected chi connectivity index (χ0v) is 19.2. The molecule has 1 amide bonds. The number of hydrogen-bond acceptors (Lipinski definition) is 7. The molecule has 2 aliphatic rings. The van der Waals surface area contributed by atoms with E-state index in [9.17, 15) is 9.59 Å². The summed E-state index contributed by atoms with van der Waals surface area (Å²) in [4.78, 5) is 27.6. The Morgan fingerprint density at radius 3 is 2.53 bits per heavy atom. The number of fused-ring (bicyclic) bond motifs is 1. The molecule has 0 saturated carbocycles. The maximum atomic E-state index is 13.2. The minimum Gasteiger partial charge on any atom is -0.493 e. The number of carbonyl (C=O) groups excluding carboxylic acids is 2. The fourth-order valence-corrected chi connectivity index (χ4v) is 4.67. The second-order valence-corrected chi connectivity index (χ2v) is 8.44. The van der Waals surface area contributed by atoms with Gasteiger partial charge in [0.15, 0.2) is 17.3 Å². The van der Waals surface area contributed by atoms with E-state index in [1.54, 1.807) is 49.5 Å². The van der Waals surface area contributed by atoms with Crippen molar-refractivity contribution < 1.29 is 28.5 Å². The van der Waals surface area contributed by atoms with E-state index in [4.69, 9.17) is 18.9 Å². The molecular weight excluding hydrogens is 438 g/mol. The van der Waals surface area contributed by atoms with Crippen molar-refractivity contribution in [2.24, 2.45) is 0 Å². The van der Waals surface area contributed by atoms with Crippen LogP contribution in [0.5, 0.6) is 23.0 Å². The Bertz CT molecular complexity index is 1240. The van der Waals surface area contributed by atoms with Gasteiger partial charge in [-0.15, -0.1) is 0 Å². The lowest BCUT2D eigenvalue weighted by Gasteiger charge is -2.34. The Kier molecular flexibility index (Phi) is 5.39. The van der Waals surface area contributed by atoms with Gasteiger partial charge in [0.25, 0.3) is 5.91 Å². The van der Waals surface area contributed by atoms with Gasteiger partial charge in [-0.25, -0.2) is 0 Å². The molecule has 2 aromatic carbocycles. The molecule has 1 atom stereocenters. The van der Waals surface area contributed by atoms with E-state index in [1.807, 2.05) is 12.1 Å². The number of nitrogens with zero attached hydrogens (tertiary/aromatic N) is 2. The van der Waals surface area contributed by atoms with E-state index in [0.717, 1.165) is 0 Å². The molecular formula is C25H25N3O6. The number of ether oxygens (including phenoxy) is 4. The van der Waals surface area contributed by atoms with Crippen LogP contribution in [-0.4, -0.2) is 66.8 Å². The maximum Gasteiger partial charge on any atom is 0.272 e. The number of rotatable bonds is 5. The molecule has 0 radical (unpaired) electrons. The average molecular weight is 463 g/mol. The van der Waals surface area contributed by atoms with E-state index >= 15 is 0 Å². The quantitative estimate of drug-likeness (QED) is 0.619. The number of hydrogen-bond donors (Lipinski definition) is 1. The highest BCUT2D eigenvalue weighted by Gasteiger charge is 2.47. The summed E-state index contributed by atoms with van der Waals surface area (Å²) < 4.78 is 22.4. The summed E-state index contributed by atoms with van der Waals surface area (Å²) in [7, 11) is 4.62. The average Bonchev–Trinajstić information content (AvgIpc) is 3.50. The van der Waals surface area contributed by atoms with Gasteiger partial charge in [-0.05, 0) is 30.3 Å². The lowest BCUT2D eigenvalue weighted by Crippen LogP contribution is -2.45. The molecule has 1 fully saturated rings. The Morgan fingerprint density at radius 1 is 1.09 bits per heavy atom. The number of Topliss-reactive ketones (excluding diaryl/α,β-unsaturated/α-hetero) is 1. The van der Waals surface area contributed by atoms with Crippen LogP contribution in [0.1, 0.15) is 33.7 Å². The third-order valence-corrected chi connectivity index (χ3v) is 6.37. The standard InChI is InChI=1S/C25H25N3O6/c1-31-21-10-15(11-22(32-2)23(21)33-3)17-12-18(27-26-17)24(30)28-9-8-25(14-28)13-19(29)16-6-4-5-7-20(16)34-25/h4-7,10-12H,8-9,13-14H2,1-3H3,(H,26,27). The third-order valence-electron chi connectivity index (χ3n) is 6.37. The number of aromatic amines is 1. The minimum absolute atomic E-state index is 0.0439. The van der Waals surface area contributed by atoms with Crippen LogP contribution < -0.4 is 18.9 Å². The lowest BCUT2D eigenvalue weighted by molar-refractivity contribution is 0.0427. The molecule has 3 aromatic rings. The van der Waals surface area contributed by atoms with Gasteiger partial charge in [0.05, 0.1) is 45.6 Å². The molecule has 1 N–H and O–H groups in total. The zero-order valence-electron chi connectivity index (χ0n) is 19.2. The molecule has 1 saturated heterocycles. The highest BCUT2D eigenvalue weighted by molar-refractivity contribution is 6.00. The Balaban J connectivity index is 1.36. The van der Waals surface area contributed by atoms with Gasteiger partial charge >= 0.3 is 0 Å². The predicted molar refractivity (Wildman–Crippen MR) is 123 cm³/mol. The van der Waals surface area contributed by atoms with Crippen molar-refractivity contribution in [1.82, 2.24) is 15.1 Å². The first-order chi connectivity index (χ1) is 16.5. The molecule has 1 unspecified atom stereocenters. The summed E-state index contributed by atoms with van der Waals surface area (Å²) in [5.74, 6) is 1.90. The monoisotopic (exact) mass is 463 g/mol. The molecule has 3 heterocycles. The van der Waals surface area contributed by atoms with Gasteiger partial charge < -0.3 is 23.8 Å². The van der Waals surface area contributed by atoms with Crippen LogP contribution in [0.2, 0.25) is 0 Å². The normalized spacial score (nSPS) is 19.0. The second-order valence-electron chi connectivity index (χ2n) is 8.44. The fourth-order valence-electron chi connectivity index (χ4n) is 4.67. The number of H-pyrrole nitrogens is 1. The molecule has 1 spiro atoms. The van der Waals surface area contributed by atoms with Crippen LogP contribution in [0, 0.1) is 0 Å². The number of nitrogens with one attached hydrogen (secondary N) is 1. The SMILES string of the molecule is COc1cc(-c2cc(C(=O)N3CCC4(CC(=O)c5ccccc5O4)C3)[nH]n2)cc(OC)c1OC. The predicted octanol–water partition coefficient (Wildman–Crippen LogP) is 3.35. The number of carbonyl (C=O) groups is 2. The molecule has 176 valence electrons. The lowest BCUT2D eigenvalue weighted by atomic mass is 9.89. The van der Waals surface area contributed by atoms with Crippen LogP contribution in [0.15, 0.2) is 42.5 Å². The van der Waals surface area contributed by atoms with Gasteiger partial charge in [-0.3, -0.25) is 14.7 Å². The molecule has 34 heavy (non-hydrogen) atoms. The Labute approximate surface area is 196 Å². The molecule has 0 aliphatic carbocycles. The van der Waals surface area contributed by atoms with E-state index in [1.165, 1.54) is 7.11 Å². The van der Waals surface area contributed by atoms with Crippen molar-refractivity contribution in [2.75, 3.05) is 34.4 Å². The molecule has 5 rings (SSSR count). The number of amides is 1. The van der Waals surface area contributed by atoms with Crippen LogP contribution >= 0.6 is 0 Å². The van der Waals surface area contributed by atoms with Gasteiger partial charge in [0, 0.05) is 18.5 Å². The van der Waals surface area contributed by atoms with Crippen molar-refractivity contribution in [1.29, 1.82) is 0 Å². The first-order valence-electron chi connectivity index (χ1n) is 10.9. The largest absolute Gasteiger partial charge is 0.493 e. The summed E-state index contributed by atoms with van der Waals surface area (Å²) in [6.45, 7) is 0.831. The number of para-hydroxylation sites is 1. The maximum absolute atomic E-state index is 13.2. The van der Waals surface area contributed by atoms with Crippen molar-refractivity contribution in [3.63, 3.8) is 0 Å². The topological polar surface area (TPSA) is 103 Å². The molecule has 9 nitrogen and oxygen atoms in total. The molecule has 0 bridgehead atoms. The second kappa shape index (κ2) is 8.40. The summed E-state index contributed by atoms with van der Waals surface area (Å²) >= 11 is 0. The van der Waals surface area contributed by atoms with Crippen molar-refractivity contribution in [3.05, 3.63) is 53.7 Å². The number of methoxy groups -OCH3 is 3. The Morgan fingerprint density at radius 2 is 1.82 bits per heavy atom. The van der Waals surface area contributed by atoms with Gasteiger partial charge in [0.2, 0.25) is 5.75 Å². The first kappa shape index (κ1) is 21.8. The number of likely N-dealkylation sites (tertiary alicyclic amines) is 1. The summed E-state index contributed by atoms with van der Waals surface area (Å²) in [6, 6.07) is 12.5. The highest BCUT2D eigenvalue weighted by atomic mass is 16.5. The molecule has 2 aliphatic heterocycles. The van der Waals surface area contributed by atoms with Crippen molar-refractivity contribution in [3.8, 4) is 34.3 Å². The zero-order chi connectivity index (χ0) is 23.9. The van der Waals surface area contributed by atoms with E-state index in [0.29, 0.717) is 65.0 Å². The first-order valence-corrected chi connectivity index (χ1v) is 10.9. The fraction of sp³-hybridized carbons (Fsp3) is 0.320.